The molecular formula is C24H34IN7. The Balaban J connectivity index is 0.00000289. The molecule has 8 heteroatoms. The molecule has 2 heterocycles. The first kappa shape index (κ1) is 24.4. The number of para-hydroxylation sites is 1. The number of likely N-dealkylation sites (tertiary alicyclic amines) is 1. The van der Waals surface area contributed by atoms with E-state index in [1.165, 1.54) is 25.7 Å². The van der Waals surface area contributed by atoms with E-state index in [0.717, 1.165) is 55.2 Å². The predicted molar refractivity (Wildman–Crippen MR) is 139 cm³/mol. The first-order chi connectivity index (χ1) is 15.2. The summed E-state index contributed by atoms with van der Waals surface area (Å²) in [6.45, 7) is 5.97. The molecule has 1 aliphatic heterocycles. The highest BCUT2D eigenvalue weighted by atomic mass is 127. The fourth-order valence-corrected chi connectivity index (χ4v) is 4.98. The van der Waals surface area contributed by atoms with Gasteiger partial charge in [-0.3, -0.25) is 4.99 Å². The first-order valence-corrected chi connectivity index (χ1v) is 11.6. The zero-order valence-corrected chi connectivity index (χ0v) is 21.2. The number of nitrogens with zero attached hydrogens (tertiary/aromatic N) is 5. The van der Waals surface area contributed by atoms with E-state index in [1.807, 2.05) is 30.3 Å². The van der Waals surface area contributed by atoms with E-state index in [-0.39, 0.29) is 24.0 Å². The van der Waals surface area contributed by atoms with Crippen LogP contribution in [0.1, 0.15) is 50.3 Å². The summed E-state index contributed by atoms with van der Waals surface area (Å²) in [6, 6.07) is 11.9. The Morgan fingerprint density at radius 1 is 1.22 bits per heavy atom. The first-order valence-electron chi connectivity index (χ1n) is 11.6. The van der Waals surface area contributed by atoms with Crippen LogP contribution in [0.15, 0.2) is 35.3 Å². The predicted octanol–water partition coefficient (Wildman–Crippen LogP) is 3.96. The number of fused-ring (bicyclic) bond motifs is 1. The Morgan fingerprint density at radius 3 is 2.53 bits per heavy atom. The summed E-state index contributed by atoms with van der Waals surface area (Å²) in [4.78, 5) is 7.35. The maximum atomic E-state index is 9.59. The number of anilines is 1. The molecular weight excluding hydrogens is 513 g/mol. The summed E-state index contributed by atoms with van der Waals surface area (Å²) in [5.74, 6) is 3.10. The molecule has 32 heavy (non-hydrogen) atoms. The number of aromatic nitrogens is 2. The number of nitrogen functional groups attached to an aromatic ring is 1. The molecule has 1 aromatic heterocycles. The monoisotopic (exact) mass is 547 g/mol. The fraction of sp³-hybridized carbons (Fsp3) is 0.542. The average Bonchev–Trinajstić information content (AvgIpc) is 3.37. The molecule has 1 aliphatic carbocycles. The van der Waals surface area contributed by atoms with Crippen LogP contribution in [0.5, 0.6) is 0 Å². The molecule has 7 nitrogen and oxygen atoms in total. The van der Waals surface area contributed by atoms with Crippen LogP contribution >= 0.6 is 24.0 Å². The molecule has 0 bridgehead atoms. The number of rotatable bonds is 6. The third-order valence-electron chi connectivity index (χ3n) is 6.55. The molecule has 1 saturated carbocycles. The van der Waals surface area contributed by atoms with Crippen molar-refractivity contribution >= 4 is 35.8 Å². The van der Waals surface area contributed by atoms with Gasteiger partial charge in [0.25, 0.3) is 0 Å². The second-order valence-corrected chi connectivity index (χ2v) is 8.61. The molecule has 2 fully saturated rings. The summed E-state index contributed by atoms with van der Waals surface area (Å²) in [6.07, 6.45) is 6.99. The minimum atomic E-state index is 0. The van der Waals surface area contributed by atoms with Gasteiger partial charge in [0.1, 0.15) is 17.5 Å². The van der Waals surface area contributed by atoms with Gasteiger partial charge in [-0.2, -0.15) is 10.4 Å². The van der Waals surface area contributed by atoms with Crippen molar-refractivity contribution in [2.24, 2.45) is 16.8 Å². The van der Waals surface area contributed by atoms with Crippen LogP contribution in [-0.2, 0) is 6.42 Å². The summed E-state index contributed by atoms with van der Waals surface area (Å²) < 4.78 is 1.66. The minimum Gasteiger partial charge on any atom is -0.382 e. The van der Waals surface area contributed by atoms with Gasteiger partial charge in [0.15, 0.2) is 5.96 Å². The van der Waals surface area contributed by atoms with E-state index < -0.39 is 0 Å². The van der Waals surface area contributed by atoms with Crippen molar-refractivity contribution < 1.29 is 0 Å². The topological polar surface area (TPSA) is 95.3 Å². The Kier molecular flexibility index (Phi) is 8.79. The van der Waals surface area contributed by atoms with Crippen molar-refractivity contribution in [3.8, 4) is 11.8 Å². The third kappa shape index (κ3) is 5.37. The fourth-order valence-electron chi connectivity index (χ4n) is 4.98. The molecule has 172 valence electrons. The lowest BCUT2D eigenvalue weighted by Crippen LogP contribution is -2.40. The number of nitrogens with two attached hydrogens (primary N) is 1. The number of aliphatic imine (C=N–C) groups is 1. The summed E-state index contributed by atoms with van der Waals surface area (Å²) in [5, 5.41) is 17.7. The van der Waals surface area contributed by atoms with E-state index >= 15 is 0 Å². The van der Waals surface area contributed by atoms with Gasteiger partial charge >= 0.3 is 0 Å². The van der Waals surface area contributed by atoms with Gasteiger partial charge in [0.05, 0.1) is 11.4 Å². The van der Waals surface area contributed by atoms with Crippen LogP contribution in [0.3, 0.4) is 0 Å². The lowest BCUT2D eigenvalue weighted by atomic mass is 9.82. The number of nitrogens with one attached hydrogen (secondary N) is 1. The van der Waals surface area contributed by atoms with E-state index in [1.54, 1.807) is 4.68 Å². The van der Waals surface area contributed by atoms with Crippen LogP contribution in [0.4, 0.5) is 5.82 Å². The van der Waals surface area contributed by atoms with Gasteiger partial charge in [-0.25, -0.2) is 4.68 Å². The molecule has 2 aliphatic rings. The van der Waals surface area contributed by atoms with Crippen molar-refractivity contribution in [1.82, 2.24) is 20.0 Å². The molecule has 2 unspecified atom stereocenters. The van der Waals surface area contributed by atoms with Crippen molar-refractivity contribution in [2.75, 3.05) is 31.9 Å². The normalized spacial score (nSPS) is 20.4. The SMILES string of the molecule is CCNC(=NCCCc1nn(-c2ccccc2)c(N)c1C#N)N1CC2CCCCC2C1.I. The van der Waals surface area contributed by atoms with Crippen LogP contribution in [0.2, 0.25) is 0 Å². The Morgan fingerprint density at radius 2 is 1.91 bits per heavy atom. The van der Waals surface area contributed by atoms with Crippen molar-refractivity contribution in [3.05, 3.63) is 41.6 Å². The van der Waals surface area contributed by atoms with Crippen molar-refractivity contribution in [2.45, 2.75) is 45.4 Å². The second kappa shape index (κ2) is 11.5. The lowest BCUT2D eigenvalue weighted by molar-refractivity contribution is 0.299. The van der Waals surface area contributed by atoms with Crippen LogP contribution in [0.25, 0.3) is 5.69 Å². The number of aryl methyl sites for hydroxylation is 1. The van der Waals surface area contributed by atoms with E-state index in [0.29, 0.717) is 24.3 Å². The van der Waals surface area contributed by atoms with Gasteiger partial charge in [0.2, 0.25) is 0 Å². The summed E-state index contributed by atoms with van der Waals surface area (Å²) in [7, 11) is 0. The zero-order valence-electron chi connectivity index (χ0n) is 18.8. The number of hydrogen-bond acceptors (Lipinski definition) is 4. The van der Waals surface area contributed by atoms with E-state index in [4.69, 9.17) is 10.7 Å². The molecule has 2 atom stereocenters. The molecule has 1 aromatic carbocycles. The largest absolute Gasteiger partial charge is 0.382 e. The Labute approximate surface area is 208 Å². The van der Waals surface area contributed by atoms with Crippen LogP contribution in [0, 0.1) is 23.2 Å². The standard InChI is InChI=1S/C24H33N7.HI/c1-2-27-24(30-16-18-9-6-7-10-19(18)17-30)28-14-8-13-22-21(15-25)23(26)31(29-22)20-11-4-3-5-12-20;/h3-5,11-12,18-19H,2,6-10,13-14,16-17,26H2,1H3,(H,27,28);1H. The van der Waals surface area contributed by atoms with E-state index in [9.17, 15) is 5.26 Å². The van der Waals surface area contributed by atoms with Gasteiger partial charge < -0.3 is 16.0 Å². The Hall–Kier alpha value is -2.28. The smallest absolute Gasteiger partial charge is 0.193 e. The highest BCUT2D eigenvalue weighted by Crippen LogP contribution is 2.36. The number of halogens is 1. The molecule has 0 amide bonds. The maximum Gasteiger partial charge on any atom is 0.193 e. The lowest BCUT2D eigenvalue weighted by Gasteiger charge is -2.22. The molecule has 4 rings (SSSR count). The summed E-state index contributed by atoms with van der Waals surface area (Å²) >= 11 is 0. The number of benzene rings is 1. The third-order valence-corrected chi connectivity index (χ3v) is 6.55. The molecule has 1 saturated heterocycles. The Bertz CT molecular complexity index is 933. The van der Waals surface area contributed by atoms with Gasteiger partial charge in [0, 0.05) is 26.2 Å². The van der Waals surface area contributed by atoms with Gasteiger partial charge in [-0.15, -0.1) is 24.0 Å². The molecule has 3 N–H and O–H groups in total. The molecule has 0 spiro atoms. The number of guanidine groups is 1. The van der Waals surface area contributed by atoms with Crippen molar-refractivity contribution in [1.29, 1.82) is 5.26 Å². The maximum absolute atomic E-state index is 9.59. The highest BCUT2D eigenvalue weighted by Gasteiger charge is 2.35. The van der Waals surface area contributed by atoms with Crippen LogP contribution < -0.4 is 11.1 Å². The number of hydrogen-bond donors (Lipinski definition) is 2. The van der Waals surface area contributed by atoms with Crippen LogP contribution in [-0.4, -0.2) is 46.8 Å². The quantitative estimate of drug-likeness (QED) is 0.247. The second-order valence-electron chi connectivity index (χ2n) is 8.61. The zero-order chi connectivity index (χ0) is 21.6. The average molecular weight is 547 g/mol. The van der Waals surface area contributed by atoms with E-state index in [2.05, 4.69) is 28.3 Å². The van der Waals surface area contributed by atoms with Crippen molar-refractivity contribution in [3.63, 3.8) is 0 Å². The molecule has 0 radical (unpaired) electrons. The number of nitriles is 1. The summed E-state index contributed by atoms with van der Waals surface area (Å²) in [5.41, 5.74) is 8.30. The minimum absolute atomic E-state index is 0. The van der Waals surface area contributed by atoms with Gasteiger partial charge in [-0.1, -0.05) is 31.0 Å². The molecule has 2 aromatic rings. The highest BCUT2D eigenvalue weighted by molar-refractivity contribution is 14.0. The van der Waals surface area contributed by atoms with Gasteiger partial charge in [-0.05, 0) is 56.6 Å².